The second-order valence-electron chi connectivity index (χ2n) is 5.66. The van der Waals surface area contributed by atoms with Crippen LogP contribution in [0.5, 0.6) is 0 Å². The molecule has 22 heavy (non-hydrogen) atoms. The zero-order chi connectivity index (χ0) is 15.5. The largest absolute Gasteiger partial charge is 0.352 e. The maximum absolute atomic E-state index is 3.92. The van der Waals surface area contributed by atoms with Crippen LogP contribution in [0.4, 0.5) is 0 Å². The maximum atomic E-state index is 3.92. The average molecular weight is 290 g/mol. The number of benzene rings is 2. The molecule has 0 bridgehead atoms. The maximum Gasteiger partial charge on any atom is 0.105 e. The molecule has 0 fully saturated rings. The molecule has 2 aromatic rings. The van der Waals surface area contributed by atoms with E-state index in [9.17, 15) is 0 Å². The first-order chi connectivity index (χ1) is 10.7. The highest BCUT2D eigenvalue weighted by atomic mass is 15.4. The van der Waals surface area contributed by atoms with Gasteiger partial charge in [0, 0.05) is 20.5 Å². The summed E-state index contributed by atoms with van der Waals surface area (Å²) in [5.41, 5.74) is 5.06. The SMILES string of the molecule is C=CCC1N(C)C(c2ccccc2)=C(c2ccccc2)N1C. The van der Waals surface area contributed by atoms with Gasteiger partial charge in [-0.1, -0.05) is 66.7 Å². The van der Waals surface area contributed by atoms with E-state index in [2.05, 4.69) is 91.1 Å². The zero-order valence-corrected chi connectivity index (χ0v) is 13.2. The molecule has 2 nitrogen and oxygen atoms in total. The summed E-state index contributed by atoms with van der Waals surface area (Å²) >= 11 is 0. The molecule has 0 aliphatic carbocycles. The van der Waals surface area contributed by atoms with Gasteiger partial charge in [-0.25, -0.2) is 0 Å². The smallest absolute Gasteiger partial charge is 0.105 e. The van der Waals surface area contributed by atoms with Gasteiger partial charge in [0.1, 0.15) is 6.17 Å². The summed E-state index contributed by atoms with van der Waals surface area (Å²) in [6, 6.07) is 21.2. The van der Waals surface area contributed by atoms with Gasteiger partial charge in [-0.15, -0.1) is 6.58 Å². The standard InChI is InChI=1S/C20H22N2/c1-4-11-18-21(2)19(16-12-7-5-8-13-16)20(22(18)3)17-14-9-6-10-15-17/h4-10,12-15,18H,1,11H2,2-3H3. The summed E-state index contributed by atoms with van der Waals surface area (Å²) in [6.45, 7) is 3.92. The molecule has 3 rings (SSSR count). The first-order valence-corrected chi connectivity index (χ1v) is 7.65. The Morgan fingerprint density at radius 3 is 1.59 bits per heavy atom. The van der Waals surface area contributed by atoms with E-state index in [1.54, 1.807) is 0 Å². The van der Waals surface area contributed by atoms with E-state index in [1.807, 2.05) is 6.08 Å². The molecule has 2 heteroatoms. The summed E-state index contributed by atoms with van der Waals surface area (Å²) < 4.78 is 0. The lowest BCUT2D eigenvalue weighted by Gasteiger charge is -2.29. The number of hydrogen-bond donors (Lipinski definition) is 0. The number of hydrogen-bond acceptors (Lipinski definition) is 2. The van der Waals surface area contributed by atoms with E-state index in [1.165, 1.54) is 22.5 Å². The Morgan fingerprint density at radius 1 is 0.818 bits per heavy atom. The van der Waals surface area contributed by atoms with Crippen molar-refractivity contribution in [2.24, 2.45) is 0 Å². The fraction of sp³-hybridized carbons (Fsp3) is 0.200. The minimum Gasteiger partial charge on any atom is -0.352 e. The lowest BCUT2D eigenvalue weighted by molar-refractivity contribution is 0.221. The molecular weight excluding hydrogens is 268 g/mol. The molecule has 0 saturated carbocycles. The van der Waals surface area contributed by atoms with E-state index >= 15 is 0 Å². The van der Waals surface area contributed by atoms with Crippen LogP contribution in [0, 0.1) is 0 Å². The Bertz CT molecular complexity index is 618. The van der Waals surface area contributed by atoms with Crippen molar-refractivity contribution in [1.29, 1.82) is 0 Å². The van der Waals surface area contributed by atoms with E-state index < -0.39 is 0 Å². The van der Waals surface area contributed by atoms with Crippen molar-refractivity contribution in [2.75, 3.05) is 14.1 Å². The van der Waals surface area contributed by atoms with Crippen LogP contribution >= 0.6 is 0 Å². The van der Waals surface area contributed by atoms with Crippen molar-refractivity contribution in [1.82, 2.24) is 9.80 Å². The predicted octanol–water partition coefficient (Wildman–Crippen LogP) is 4.29. The molecule has 0 saturated heterocycles. The molecule has 2 aromatic carbocycles. The topological polar surface area (TPSA) is 6.48 Å². The van der Waals surface area contributed by atoms with Crippen molar-refractivity contribution in [3.05, 3.63) is 84.4 Å². The molecule has 0 aromatic heterocycles. The van der Waals surface area contributed by atoms with Crippen molar-refractivity contribution < 1.29 is 0 Å². The Kier molecular flexibility index (Phi) is 4.01. The van der Waals surface area contributed by atoms with Crippen LogP contribution in [-0.2, 0) is 0 Å². The highest BCUT2D eigenvalue weighted by Crippen LogP contribution is 2.40. The fourth-order valence-corrected chi connectivity index (χ4v) is 3.23. The van der Waals surface area contributed by atoms with Crippen molar-refractivity contribution in [3.63, 3.8) is 0 Å². The Hall–Kier alpha value is -2.48. The third-order valence-electron chi connectivity index (χ3n) is 4.30. The first kappa shape index (κ1) is 14.5. The number of rotatable bonds is 4. The minimum absolute atomic E-state index is 0.308. The van der Waals surface area contributed by atoms with E-state index in [0.29, 0.717) is 6.17 Å². The third-order valence-corrected chi connectivity index (χ3v) is 4.30. The zero-order valence-electron chi connectivity index (χ0n) is 13.2. The van der Waals surface area contributed by atoms with Gasteiger partial charge in [0.2, 0.25) is 0 Å². The minimum atomic E-state index is 0.308. The van der Waals surface area contributed by atoms with Crippen LogP contribution in [0.25, 0.3) is 11.4 Å². The molecule has 1 aliphatic rings. The Morgan fingerprint density at radius 2 is 1.23 bits per heavy atom. The van der Waals surface area contributed by atoms with Crippen LogP contribution in [0.3, 0.4) is 0 Å². The number of nitrogens with zero attached hydrogens (tertiary/aromatic N) is 2. The van der Waals surface area contributed by atoms with Crippen molar-refractivity contribution in [3.8, 4) is 0 Å². The van der Waals surface area contributed by atoms with Crippen LogP contribution in [0.2, 0.25) is 0 Å². The average Bonchev–Trinajstić information content (AvgIpc) is 2.81. The molecule has 0 unspecified atom stereocenters. The normalized spacial score (nSPS) is 15.5. The van der Waals surface area contributed by atoms with E-state index in [4.69, 9.17) is 0 Å². The van der Waals surface area contributed by atoms with Crippen LogP contribution in [0.15, 0.2) is 73.3 Å². The van der Waals surface area contributed by atoms with Gasteiger partial charge in [0.25, 0.3) is 0 Å². The molecule has 0 radical (unpaired) electrons. The monoisotopic (exact) mass is 290 g/mol. The molecule has 0 N–H and O–H groups in total. The highest BCUT2D eigenvalue weighted by molar-refractivity contribution is 5.91. The molecule has 1 heterocycles. The first-order valence-electron chi connectivity index (χ1n) is 7.65. The van der Waals surface area contributed by atoms with E-state index in [-0.39, 0.29) is 0 Å². The van der Waals surface area contributed by atoms with Gasteiger partial charge >= 0.3 is 0 Å². The summed E-state index contributed by atoms with van der Waals surface area (Å²) in [4.78, 5) is 4.72. The van der Waals surface area contributed by atoms with E-state index in [0.717, 1.165) is 6.42 Å². The Labute approximate surface area is 133 Å². The predicted molar refractivity (Wildman–Crippen MR) is 93.8 cm³/mol. The summed E-state index contributed by atoms with van der Waals surface area (Å²) in [7, 11) is 4.34. The van der Waals surface area contributed by atoms with Crippen LogP contribution < -0.4 is 0 Å². The summed E-state index contributed by atoms with van der Waals surface area (Å²) in [5.74, 6) is 0. The quantitative estimate of drug-likeness (QED) is 0.775. The molecule has 112 valence electrons. The lowest BCUT2D eigenvalue weighted by Crippen LogP contribution is -2.35. The highest BCUT2D eigenvalue weighted by Gasteiger charge is 2.33. The van der Waals surface area contributed by atoms with Gasteiger partial charge in [-0.05, 0) is 11.1 Å². The lowest BCUT2D eigenvalue weighted by atomic mass is 10.1. The molecule has 0 spiro atoms. The molecule has 0 amide bonds. The second-order valence-corrected chi connectivity index (χ2v) is 5.66. The van der Waals surface area contributed by atoms with Crippen molar-refractivity contribution in [2.45, 2.75) is 12.6 Å². The molecule has 1 aliphatic heterocycles. The van der Waals surface area contributed by atoms with Crippen LogP contribution in [-0.4, -0.2) is 30.1 Å². The van der Waals surface area contributed by atoms with Gasteiger partial charge < -0.3 is 9.80 Å². The summed E-state index contributed by atoms with van der Waals surface area (Å²) in [5, 5.41) is 0. The van der Waals surface area contributed by atoms with Gasteiger partial charge in [0.05, 0.1) is 11.4 Å². The van der Waals surface area contributed by atoms with Gasteiger partial charge in [-0.3, -0.25) is 0 Å². The fourth-order valence-electron chi connectivity index (χ4n) is 3.23. The van der Waals surface area contributed by atoms with Crippen LogP contribution in [0.1, 0.15) is 17.5 Å². The molecular formula is C20H22N2. The Balaban J connectivity index is 2.16. The second kappa shape index (κ2) is 6.10. The molecule has 0 atom stereocenters. The van der Waals surface area contributed by atoms with Gasteiger partial charge in [0.15, 0.2) is 0 Å². The third kappa shape index (κ3) is 2.41. The summed E-state index contributed by atoms with van der Waals surface area (Å²) in [6.07, 6.45) is 3.23. The van der Waals surface area contributed by atoms with Crippen molar-refractivity contribution >= 4 is 11.4 Å². The van der Waals surface area contributed by atoms with Gasteiger partial charge in [-0.2, -0.15) is 0 Å².